The van der Waals surface area contributed by atoms with E-state index in [-0.39, 0.29) is 10.9 Å². The Morgan fingerprint density at radius 3 is 2.58 bits per heavy atom. The number of anilines is 1. The average Bonchev–Trinajstić information content (AvgIpc) is 2.53. The van der Waals surface area contributed by atoms with Gasteiger partial charge in [0, 0.05) is 50.8 Å². The number of methoxy groups -OCH3 is 1. The van der Waals surface area contributed by atoms with Crippen molar-refractivity contribution in [3.05, 3.63) is 28.3 Å². The normalized spacial score (nSPS) is 16.9. The lowest BCUT2D eigenvalue weighted by atomic mass is 10.0. The van der Waals surface area contributed by atoms with Crippen LogP contribution in [0, 0.1) is 10.1 Å². The van der Waals surface area contributed by atoms with Gasteiger partial charge >= 0.3 is 0 Å². The Morgan fingerprint density at radius 1 is 1.38 bits per heavy atom. The zero-order chi connectivity index (χ0) is 17.7. The standard InChI is InChI=1S/C15H23N3O5S/c1-23-10-9-17-7-5-12(6-8-17)16-13-3-4-14(18(19)20)15(11-13)24(2,21)22/h3-4,11-12,16H,5-10H2,1-2H3. The van der Waals surface area contributed by atoms with Crippen LogP contribution < -0.4 is 5.32 Å². The van der Waals surface area contributed by atoms with Gasteiger partial charge in [0.25, 0.3) is 5.69 Å². The topological polar surface area (TPSA) is 102 Å². The van der Waals surface area contributed by atoms with Crippen LogP contribution in [0.5, 0.6) is 0 Å². The maximum absolute atomic E-state index is 11.8. The highest BCUT2D eigenvalue weighted by atomic mass is 32.2. The molecule has 24 heavy (non-hydrogen) atoms. The zero-order valence-electron chi connectivity index (χ0n) is 13.9. The van der Waals surface area contributed by atoms with Crippen LogP contribution in [0.15, 0.2) is 23.1 Å². The zero-order valence-corrected chi connectivity index (χ0v) is 14.7. The molecule has 0 spiro atoms. The molecule has 8 nitrogen and oxygen atoms in total. The first-order valence-corrected chi connectivity index (χ1v) is 9.66. The molecule has 9 heteroatoms. The van der Waals surface area contributed by atoms with Crippen LogP contribution in [0.4, 0.5) is 11.4 Å². The minimum atomic E-state index is -3.66. The summed E-state index contributed by atoms with van der Waals surface area (Å²) in [6.45, 7) is 3.48. The maximum atomic E-state index is 11.8. The summed E-state index contributed by atoms with van der Waals surface area (Å²) in [7, 11) is -1.98. The van der Waals surface area contributed by atoms with Gasteiger partial charge in [0.2, 0.25) is 0 Å². The van der Waals surface area contributed by atoms with Gasteiger partial charge in [-0.1, -0.05) is 0 Å². The predicted molar refractivity (Wildman–Crippen MR) is 91.2 cm³/mol. The second-order valence-electron chi connectivity index (χ2n) is 5.96. The van der Waals surface area contributed by atoms with Crippen LogP contribution in [0.1, 0.15) is 12.8 Å². The minimum absolute atomic E-state index is 0.220. The van der Waals surface area contributed by atoms with Crippen LogP contribution in [-0.2, 0) is 14.6 Å². The third-order valence-corrected chi connectivity index (χ3v) is 5.25. The monoisotopic (exact) mass is 357 g/mol. The summed E-state index contributed by atoms with van der Waals surface area (Å²) in [5.41, 5.74) is 0.203. The van der Waals surface area contributed by atoms with E-state index in [1.54, 1.807) is 13.2 Å². The lowest BCUT2D eigenvalue weighted by Gasteiger charge is -2.32. The van der Waals surface area contributed by atoms with Gasteiger partial charge in [-0.15, -0.1) is 0 Å². The fraction of sp³-hybridized carbons (Fsp3) is 0.600. The molecule has 1 saturated heterocycles. The summed E-state index contributed by atoms with van der Waals surface area (Å²) in [5, 5.41) is 14.3. The van der Waals surface area contributed by atoms with Crippen LogP contribution in [0.3, 0.4) is 0 Å². The Hall–Kier alpha value is -1.71. The number of sulfone groups is 1. The molecule has 0 bridgehead atoms. The number of nitrogens with zero attached hydrogens (tertiary/aromatic N) is 2. The number of benzene rings is 1. The largest absolute Gasteiger partial charge is 0.383 e. The van der Waals surface area contributed by atoms with E-state index < -0.39 is 20.4 Å². The molecule has 1 aliphatic heterocycles. The molecule has 2 rings (SSSR count). The number of hydrogen-bond acceptors (Lipinski definition) is 7. The number of nitrogens with one attached hydrogen (secondary N) is 1. The Balaban J connectivity index is 2.05. The smallest absolute Gasteiger partial charge is 0.288 e. The number of rotatable bonds is 7. The van der Waals surface area contributed by atoms with Crippen LogP contribution in [-0.4, -0.2) is 63.9 Å². The first-order valence-electron chi connectivity index (χ1n) is 7.77. The molecule has 0 radical (unpaired) electrons. The van der Waals surface area contributed by atoms with Crippen molar-refractivity contribution >= 4 is 21.2 Å². The lowest BCUT2D eigenvalue weighted by Crippen LogP contribution is -2.40. The van der Waals surface area contributed by atoms with Gasteiger partial charge in [-0.25, -0.2) is 8.42 Å². The van der Waals surface area contributed by atoms with E-state index in [1.165, 1.54) is 12.1 Å². The van der Waals surface area contributed by atoms with Crippen molar-refractivity contribution < 1.29 is 18.1 Å². The SMILES string of the molecule is COCCN1CCC(Nc2ccc([N+](=O)[O-])c(S(C)(=O)=O)c2)CC1. The molecule has 0 saturated carbocycles. The summed E-state index contributed by atoms with van der Waals surface area (Å²) < 4.78 is 28.7. The van der Waals surface area contributed by atoms with E-state index in [2.05, 4.69) is 10.2 Å². The van der Waals surface area contributed by atoms with Crippen molar-refractivity contribution in [2.45, 2.75) is 23.8 Å². The Morgan fingerprint density at radius 2 is 2.04 bits per heavy atom. The van der Waals surface area contributed by atoms with E-state index in [0.717, 1.165) is 38.7 Å². The highest BCUT2D eigenvalue weighted by Crippen LogP contribution is 2.28. The molecular formula is C15H23N3O5S. The fourth-order valence-electron chi connectivity index (χ4n) is 2.81. The third kappa shape index (κ3) is 4.89. The van der Waals surface area contributed by atoms with E-state index in [1.807, 2.05) is 0 Å². The number of ether oxygens (including phenoxy) is 1. The second kappa shape index (κ2) is 7.91. The predicted octanol–water partition coefficient (Wildman–Crippen LogP) is 1.52. The number of nitro benzene ring substituents is 1. The minimum Gasteiger partial charge on any atom is -0.383 e. The molecule has 0 atom stereocenters. The summed E-state index contributed by atoms with van der Waals surface area (Å²) in [5.74, 6) is 0. The van der Waals surface area contributed by atoms with E-state index >= 15 is 0 Å². The number of piperidine rings is 1. The second-order valence-corrected chi connectivity index (χ2v) is 7.95. The summed E-state index contributed by atoms with van der Waals surface area (Å²) >= 11 is 0. The van der Waals surface area contributed by atoms with E-state index in [0.29, 0.717) is 12.3 Å². The number of hydrogen-bond donors (Lipinski definition) is 1. The molecule has 1 aromatic rings. The molecule has 134 valence electrons. The first kappa shape index (κ1) is 18.6. The molecule has 1 fully saturated rings. The molecule has 1 N–H and O–H groups in total. The van der Waals surface area contributed by atoms with Crippen LogP contribution in [0.2, 0.25) is 0 Å². The number of likely N-dealkylation sites (tertiary alicyclic amines) is 1. The van der Waals surface area contributed by atoms with Crippen molar-refractivity contribution in [2.24, 2.45) is 0 Å². The molecule has 1 aromatic carbocycles. The summed E-state index contributed by atoms with van der Waals surface area (Å²) in [6.07, 6.45) is 2.83. The van der Waals surface area contributed by atoms with Gasteiger partial charge in [-0.3, -0.25) is 10.1 Å². The highest BCUT2D eigenvalue weighted by molar-refractivity contribution is 7.90. The Bertz CT molecular complexity index is 684. The van der Waals surface area contributed by atoms with E-state index in [4.69, 9.17) is 4.74 Å². The van der Waals surface area contributed by atoms with E-state index in [9.17, 15) is 18.5 Å². The fourth-order valence-corrected chi connectivity index (χ4v) is 3.67. The Labute approximate surface area is 141 Å². The van der Waals surface area contributed by atoms with Gasteiger partial charge in [0.1, 0.15) is 4.90 Å². The molecule has 0 aromatic heterocycles. The van der Waals surface area contributed by atoms with Crippen molar-refractivity contribution in [3.8, 4) is 0 Å². The summed E-state index contributed by atoms with van der Waals surface area (Å²) in [6, 6.07) is 4.37. The quantitative estimate of drug-likeness (QED) is 0.583. The maximum Gasteiger partial charge on any atom is 0.288 e. The van der Waals surface area contributed by atoms with Gasteiger partial charge in [-0.2, -0.15) is 0 Å². The van der Waals surface area contributed by atoms with Crippen molar-refractivity contribution in [1.82, 2.24) is 4.90 Å². The number of nitro groups is 1. The first-order chi connectivity index (χ1) is 11.3. The van der Waals surface area contributed by atoms with Gasteiger partial charge in [0.05, 0.1) is 11.5 Å². The van der Waals surface area contributed by atoms with Crippen molar-refractivity contribution in [3.63, 3.8) is 0 Å². The van der Waals surface area contributed by atoms with Gasteiger partial charge in [-0.05, 0) is 25.0 Å². The summed E-state index contributed by atoms with van der Waals surface area (Å²) in [4.78, 5) is 12.4. The molecule has 0 unspecified atom stereocenters. The van der Waals surface area contributed by atoms with Crippen LogP contribution in [0.25, 0.3) is 0 Å². The molecule has 1 aliphatic rings. The molecular weight excluding hydrogens is 334 g/mol. The van der Waals surface area contributed by atoms with Gasteiger partial charge < -0.3 is 15.0 Å². The molecule has 0 amide bonds. The third-order valence-electron chi connectivity index (χ3n) is 4.13. The highest BCUT2D eigenvalue weighted by Gasteiger charge is 2.24. The average molecular weight is 357 g/mol. The van der Waals surface area contributed by atoms with Crippen molar-refractivity contribution in [2.75, 3.05) is 44.9 Å². The van der Waals surface area contributed by atoms with Crippen LogP contribution >= 0.6 is 0 Å². The Kier molecular flexibility index (Phi) is 6.14. The lowest BCUT2D eigenvalue weighted by molar-refractivity contribution is -0.387. The molecule has 1 heterocycles. The van der Waals surface area contributed by atoms with Gasteiger partial charge in [0.15, 0.2) is 9.84 Å². The molecule has 0 aliphatic carbocycles. The van der Waals surface area contributed by atoms with Crippen molar-refractivity contribution in [1.29, 1.82) is 0 Å².